The van der Waals surface area contributed by atoms with Gasteiger partial charge in [-0.3, -0.25) is 4.79 Å². The molecule has 1 atom stereocenters. The number of aliphatic hydroxyl groups is 1. The molecule has 0 radical (unpaired) electrons. The fourth-order valence-corrected chi connectivity index (χ4v) is 2.96. The van der Waals surface area contributed by atoms with Crippen molar-refractivity contribution in [3.63, 3.8) is 0 Å². The summed E-state index contributed by atoms with van der Waals surface area (Å²) in [6.45, 7) is 2.24. The summed E-state index contributed by atoms with van der Waals surface area (Å²) in [5.41, 5.74) is 1.10. The highest BCUT2D eigenvalue weighted by molar-refractivity contribution is 7.09. The van der Waals surface area contributed by atoms with Gasteiger partial charge in [-0.15, -0.1) is 11.3 Å². The van der Waals surface area contributed by atoms with E-state index < -0.39 is 0 Å². The first-order valence-corrected chi connectivity index (χ1v) is 8.31. The molecule has 0 fully saturated rings. The van der Waals surface area contributed by atoms with Crippen molar-refractivity contribution < 1.29 is 9.90 Å². The molecule has 0 spiro atoms. The molecule has 1 amide bonds. The molecule has 23 heavy (non-hydrogen) atoms. The second-order valence-corrected chi connectivity index (χ2v) is 6.64. The molecule has 0 saturated heterocycles. The molecule has 0 bridgehead atoms. The number of hydrogen-bond donors (Lipinski definition) is 2. The highest BCUT2D eigenvalue weighted by Crippen LogP contribution is 2.14. The SMILES string of the molecule is Cc1nc(N(C)C)ncc1C(=O)NCC(CO)Cc1cccs1. The second kappa shape index (κ2) is 8.03. The van der Waals surface area contributed by atoms with Gasteiger partial charge in [0.2, 0.25) is 5.95 Å². The average Bonchev–Trinajstić information content (AvgIpc) is 3.03. The zero-order chi connectivity index (χ0) is 16.8. The minimum Gasteiger partial charge on any atom is -0.396 e. The Labute approximate surface area is 140 Å². The minimum absolute atomic E-state index is 0.000118. The Balaban J connectivity index is 1.95. The third-order valence-electron chi connectivity index (χ3n) is 3.49. The van der Waals surface area contributed by atoms with Crippen LogP contribution in [0.25, 0.3) is 0 Å². The van der Waals surface area contributed by atoms with Crippen molar-refractivity contribution in [2.24, 2.45) is 5.92 Å². The molecule has 2 aromatic rings. The maximum atomic E-state index is 12.3. The van der Waals surface area contributed by atoms with Gasteiger partial charge >= 0.3 is 0 Å². The van der Waals surface area contributed by atoms with Crippen molar-refractivity contribution in [3.05, 3.63) is 39.8 Å². The third-order valence-corrected chi connectivity index (χ3v) is 4.39. The topological polar surface area (TPSA) is 78.4 Å². The molecule has 1 unspecified atom stereocenters. The van der Waals surface area contributed by atoms with Gasteiger partial charge in [0.05, 0.1) is 11.3 Å². The van der Waals surface area contributed by atoms with Crippen LogP contribution in [0.3, 0.4) is 0 Å². The number of hydrogen-bond acceptors (Lipinski definition) is 6. The van der Waals surface area contributed by atoms with Gasteiger partial charge in [-0.05, 0) is 24.8 Å². The van der Waals surface area contributed by atoms with E-state index in [-0.39, 0.29) is 18.4 Å². The Bertz CT molecular complexity index is 644. The second-order valence-electron chi connectivity index (χ2n) is 5.61. The summed E-state index contributed by atoms with van der Waals surface area (Å²) in [6, 6.07) is 4.02. The summed E-state index contributed by atoms with van der Waals surface area (Å²) >= 11 is 1.66. The number of aryl methyl sites for hydroxylation is 1. The molecule has 2 rings (SSSR count). The number of nitrogens with one attached hydrogen (secondary N) is 1. The Morgan fingerprint density at radius 3 is 2.83 bits per heavy atom. The normalized spacial score (nSPS) is 12.0. The highest BCUT2D eigenvalue weighted by Gasteiger charge is 2.15. The number of thiophene rings is 1. The summed E-state index contributed by atoms with van der Waals surface area (Å²) < 4.78 is 0. The van der Waals surface area contributed by atoms with Crippen LogP contribution in [0.15, 0.2) is 23.7 Å². The lowest BCUT2D eigenvalue weighted by Crippen LogP contribution is -2.32. The molecule has 124 valence electrons. The van der Waals surface area contributed by atoms with Crippen molar-refractivity contribution in [2.45, 2.75) is 13.3 Å². The molecular weight excluding hydrogens is 312 g/mol. The Morgan fingerprint density at radius 1 is 1.48 bits per heavy atom. The van der Waals surface area contributed by atoms with Crippen LogP contribution in [-0.4, -0.2) is 48.2 Å². The number of anilines is 1. The molecule has 7 heteroatoms. The van der Waals surface area contributed by atoms with E-state index in [1.807, 2.05) is 31.6 Å². The number of rotatable bonds is 7. The molecule has 2 N–H and O–H groups in total. The van der Waals surface area contributed by atoms with Crippen LogP contribution in [-0.2, 0) is 6.42 Å². The number of aromatic nitrogens is 2. The molecule has 0 aliphatic carbocycles. The Kier molecular flexibility index (Phi) is 6.06. The molecule has 2 aromatic heterocycles. The summed E-state index contributed by atoms with van der Waals surface area (Å²) in [6.07, 6.45) is 2.30. The first kappa shape index (κ1) is 17.4. The molecule has 6 nitrogen and oxygen atoms in total. The maximum absolute atomic E-state index is 12.3. The van der Waals surface area contributed by atoms with E-state index in [1.165, 1.54) is 4.88 Å². The van der Waals surface area contributed by atoms with Crippen LogP contribution in [0.1, 0.15) is 20.9 Å². The fourth-order valence-electron chi connectivity index (χ4n) is 2.14. The van der Waals surface area contributed by atoms with Crippen LogP contribution in [0.4, 0.5) is 5.95 Å². The van der Waals surface area contributed by atoms with E-state index in [4.69, 9.17) is 0 Å². The first-order chi connectivity index (χ1) is 11.0. The zero-order valence-corrected chi connectivity index (χ0v) is 14.4. The van der Waals surface area contributed by atoms with E-state index in [1.54, 1.807) is 29.4 Å². The summed E-state index contributed by atoms with van der Waals surface area (Å²) in [5.74, 6) is 0.363. The van der Waals surface area contributed by atoms with Gasteiger partial charge in [-0.2, -0.15) is 0 Å². The predicted molar refractivity (Wildman–Crippen MR) is 92.0 cm³/mol. The van der Waals surface area contributed by atoms with Gasteiger partial charge in [-0.25, -0.2) is 9.97 Å². The summed E-state index contributed by atoms with van der Waals surface area (Å²) in [7, 11) is 3.70. The summed E-state index contributed by atoms with van der Waals surface area (Å²) in [5, 5.41) is 14.4. The van der Waals surface area contributed by atoms with E-state index >= 15 is 0 Å². The molecule has 0 aliphatic heterocycles. The largest absolute Gasteiger partial charge is 0.396 e. The van der Waals surface area contributed by atoms with Crippen LogP contribution < -0.4 is 10.2 Å². The lowest BCUT2D eigenvalue weighted by molar-refractivity contribution is 0.0938. The number of nitrogens with zero attached hydrogens (tertiary/aromatic N) is 3. The number of carbonyl (C=O) groups excluding carboxylic acids is 1. The zero-order valence-electron chi connectivity index (χ0n) is 13.6. The minimum atomic E-state index is -0.211. The quantitative estimate of drug-likeness (QED) is 0.802. The van der Waals surface area contributed by atoms with E-state index in [2.05, 4.69) is 15.3 Å². The molecular formula is C16H22N4O2S. The lowest BCUT2D eigenvalue weighted by atomic mass is 10.1. The fraction of sp³-hybridized carbons (Fsp3) is 0.438. The van der Waals surface area contributed by atoms with Crippen molar-refractivity contribution >= 4 is 23.2 Å². The van der Waals surface area contributed by atoms with Gasteiger partial charge in [0.15, 0.2) is 0 Å². The summed E-state index contributed by atoms with van der Waals surface area (Å²) in [4.78, 5) is 23.8. The molecule has 0 aromatic carbocycles. The van der Waals surface area contributed by atoms with Gasteiger partial charge in [-0.1, -0.05) is 6.07 Å². The lowest BCUT2D eigenvalue weighted by Gasteiger charge is -2.15. The van der Waals surface area contributed by atoms with Crippen molar-refractivity contribution in [1.29, 1.82) is 0 Å². The number of amides is 1. The maximum Gasteiger partial charge on any atom is 0.254 e. The number of aliphatic hydroxyl groups excluding tert-OH is 1. The third kappa shape index (κ3) is 4.74. The Morgan fingerprint density at radius 2 is 2.26 bits per heavy atom. The van der Waals surface area contributed by atoms with E-state index in [0.717, 1.165) is 6.42 Å². The van der Waals surface area contributed by atoms with Gasteiger partial charge in [0.25, 0.3) is 5.91 Å². The van der Waals surface area contributed by atoms with E-state index in [9.17, 15) is 9.90 Å². The molecule has 2 heterocycles. The van der Waals surface area contributed by atoms with Crippen LogP contribution in [0.5, 0.6) is 0 Å². The molecule has 0 saturated carbocycles. The number of carbonyl (C=O) groups is 1. The van der Waals surface area contributed by atoms with Crippen LogP contribution in [0.2, 0.25) is 0 Å². The highest BCUT2D eigenvalue weighted by atomic mass is 32.1. The Hall–Kier alpha value is -1.99. The first-order valence-electron chi connectivity index (χ1n) is 7.43. The van der Waals surface area contributed by atoms with E-state index in [0.29, 0.717) is 23.8 Å². The predicted octanol–water partition coefficient (Wildman–Crippen LogP) is 1.49. The monoisotopic (exact) mass is 334 g/mol. The van der Waals surface area contributed by atoms with Gasteiger partial charge in [0, 0.05) is 44.2 Å². The van der Waals surface area contributed by atoms with Crippen molar-refractivity contribution in [3.8, 4) is 0 Å². The van der Waals surface area contributed by atoms with Crippen molar-refractivity contribution in [2.75, 3.05) is 32.1 Å². The van der Waals surface area contributed by atoms with Crippen molar-refractivity contribution in [1.82, 2.24) is 15.3 Å². The van der Waals surface area contributed by atoms with Crippen LogP contribution >= 0.6 is 11.3 Å². The van der Waals surface area contributed by atoms with Gasteiger partial charge in [0.1, 0.15) is 0 Å². The average molecular weight is 334 g/mol. The standard InChI is InChI=1S/C16H22N4O2S/c1-11-14(9-18-16(19-11)20(2)3)15(22)17-8-12(10-21)7-13-5-4-6-23-13/h4-6,9,12,21H,7-8,10H2,1-3H3,(H,17,22). The van der Waals surface area contributed by atoms with Crippen LogP contribution in [0, 0.1) is 12.8 Å². The smallest absolute Gasteiger partial charge is 0.254 e. The van der Waals surface area contributed by atoms with Gasteiger partial charge < -0.3 is 15.3 Å². The molecule has 0 aliphatic rings.